The molecule has 0 fully saturated rings. The van der Waals surface area contributed by atoms with Gasteiger partial charge in [0.25, 0.3) is 5.91 Å². The average molecular weight is 299 g/mol. The third-order valence-electron chi connectivity index (χ3n) is 2.44. The molecule has 104 valence electrons. The molecule has 0 aliphatic heterocycles. The fraction of sp³-hybridized carbons (Fsp3) is 0.0769. The van der Waals surface area contributed by atoms with E-state index in [0.29, 0.717) is 17.0 Å². The molecule has 0 aliphatic rings. The van der Waals surface area contributed by atoms with E-state index < -0.39 is 35.5 Å². The fourth-order valence-electron chi connectivity index (χ4n) is 1.53. The molecule has 1 aromatic heterocycles. The lowest BCUT2D eigenvalue weighted by Gasteiger charge is -2.06. The van der Waals surface area contributed by atoms with Crippen LogP contribution in [0.1, 0.15) is 20.0 Å². The van der Waals surface area contributed by atoms with Crippen molar-refractivity contribution >= 4 is 23.0 Å². The first kappa shape index (κ1) is 14.3. The lowest BCUT2D eigenvalue weighted by Crippen LogP contribution is -2.30. The summed E-state index contributed by atoms with van der Waals surface area (Å²) in [7, 11) is 0. The first-order chi connectivity index (χ1) is 9.49. The maximum absolute atomic E-state index is 13.3. The van der Waals surface area contributed by atoms with Gasteiger partial charge >= 0.3 is 0 Å². The van der Waals surface area contributed by atoms with Gasteiger partial charge in [-0.3, -0.25) is 9.59 Å². The van der Waals surface area contributed by atoms with Crippen LogP contribution in [0.15, 0.2) is 29.6 Å². The average Bonchev–Trinajstić information content (AvgIpc) is 2.88. The zero-order valence-corrected chi connectivity index (χ0v) is 10.8. The number of Topliss-reactive ketones (excluding diaryl/α,β-unsaturated/α-hetero) is 1. The van der Waals surface area contributed by atoms with Crippen molar-refractivity contribution in [1.29, 1.82) is 0 Å². The topological polar surface area (TPSA) is 46.2 Å². The third kappa shape index (κ3) is 3.05. The number of benzene rings is 1. The normalized spacial score (nSPS) is 10.3. The number of amides is 1. The summed E-state index contributed by atoms with van der Waals surface area (Å²) in [4.78, 5) is 23.6. The molecule has 0 saturated carbocycles. The molecular weight excluding hydrogens is 291 g/mol. The van der Waals surface area contributed by atoms with Gasteiger partial charge in [-0.2, -0.15) is 0 Å². The van der Waals surface area contributed by atoms with Gasteiger partial charge < -0.3 is 5.32 Å². The van der Waals surface area contributed by atoms with E-state index in [1.54, 1.807) is 17.5 Å². The highest BCUT2D eigenvalue weighted by atomic mass is 32.1. The molecule has 0 atom stereocenters. The van der Waals surface area contributed by atoms with Crippen LogP contribution in [0, 0.1) is 17.5 Å². The first-order valence-electron chi connectivity index (χ1n) is 5.48. The Morgan fingerprint density at radius 3 is 2.35 bits per heavy atom. The number of carbonyl (C=O) groups excluding carboxylic acids is 2. The van der Waals surface area contributed by atoms with Crippen LogP contribution in [0.3, 0.4) is 0 Å². The molecule has 0 unspecified atom stereocenters. The summed E-state index contributed by atoms with van der Waals surface area (Å²) in [6.45, 7) is -0.393. The van der Waals surface area contributed by atoms with Crippen LogP contribution in [0.2, 0.25) is 0 Å². The van der Waals surface area contributed by atoms with E-state index in [4.69, 9.17) is 0 Å². The number of carbonyl (C=O) groups is 2. The molecule has 1 aromatic carbocycles. The molecule has 2 rings (SSSR count). The molecule has 0 aliphatic carbocycles. The summed E-state index contributed by atoms with van der Waals surface area (Å²) in [5.74, 6) is -5.24. The molecule has 20 heavy (non-hydrogen) atoms. The Hall–Kier alpha value is -2.15. The highest BCUT2D eigenvalue weighted by molar-refractivity contribution is 7.12. The zero-order valence-electron chi connectivity index (χ0n) is 9.95. The van der Waals surface area contributed by atoms with Gasteiger partial charge in [-0.25, -0.2) is 13.2 Å². The van der Waals surface area contributed by atoms with Gasteiger partial charge in [-0.05, 0) is 11.4 Å². The molecular formula is C13H8F3NO2S. The summed E-state index contributed by atoms with van der Waals surface area (Å²) in [5.41, 5.74) is -0.912. The minimum atomic E-state index is -1.32. The van der Waals surface area contributed by atoms with E-state index in [1.807, 2.05) is 0 Å². The second kappa shape index (κ2) is 5.87. The van der Waals surface area contributed by atoms with E-state index in [2.05, 4.69) is 5.32 Å². The molecule has 0 radical (unpaired) electrons. The van der Waals surface area contributed by atoms with Gasteiger partial charge in [0.15, 0.2) is 5.78 Å². The monoisotopic (exact) mass is 299 g/mol. The molecule has 0 spiro atoms. The Bertz CT molecular complexity index is 633. The van der Waals surface area contributed by atoms with Crippen molar-refractivity contribution < 1.29 is 22.8 Å². The van der Waals surface area contributed by atoms with E-state index in [0.717, 1.165) is 0 Å². The van der Waals surface area contributed by atoms with E-state index >= 15 is 0 Å². The Morgan fingerprint density at radius 2 is 1.80 bits per heavy atom. The molecule has 1 N–H and O–H groups in total. The quantitative estimate of drug-likeness (QED) is 0.882. The smallest absolute Gasteiger partial charge is 0.257 e. The van der Waals surface area contributed by atoms with Crippen molar-refractivity contribution in [3.8, 4) is 0 Å². The highest BCUT2D eigenvalue weighted by Crippen LogP contribution is 2.15. The second-order valence-electron chi connectivity index (χ2n) is 3.83. The SMILES string of the molecule is O=C(CNC(=O)c1c(F)cc(F)cc1F)c1cccs1. The van der Waals surface area contributed by atoms with E-state index in [1.165, 1.54) is 11.3 Å². The Morgan fingerprint density at radius 1 is 1.15 bits per heavy atom. The summed E-state index contributed by atoms with van der Waals surface area (Å²) >= 11 is 1.19. The third-order valence-corrected chi connectivity index (χ3v) is 3.35. The predicted molar refractivity (Wildman–Crippen MR) is 67.3 cm³/mol. The number of hydrogen-bond donors (Lipinski definition) is 1. The molecule has 3 nitrogen and oxygen atoms in total. The van der Waals surface area contributed by atoms with Crippen LogP contribution in [0.4, 0.5) is 13.2 Å². The summed E-state index contributed by atoms with van der Waals surface area (Å²) < 4.78 is 39.4. The van der Waals surface area contributed by atoms with Crippen molar-refractivity contribution in [2.24, 2.45) is 0 Å². The number of thiophene rings is 1. The Kier molecular flexibility index (Phi) is 4.19. The minimum absolute atomic E-state index is 0.378. The maximum Gasteiger partial charge on any atom is 0.257 e. The fourth-order valence-corrected chi connectivity index (χ4v) is 2.20. The number of ketones is 1. The molecule has 2 aromatic rings. The molecule has 1 heterocycles. The van der Waals surface area contributed by atoms with Crippen molar-refractivity contribution in [1.82, 2.24) is 5.32 Å². The standard InChI is InChI=1S/C13H8F3NO2S/c14-7-4-8(15)12(9(16)5-7)13(19)17-6-10(18)11-2-1-3-20-11/h1-5H,6H2,(H,17,19). The predicted octanol–water partition coefficient (Wildman–Crippen LogP) is 2.78. The van der Waals surface area contributed by atoms with Crippen molar-refractivity contribution in [2.75, 3.05) is 6.54 Å². The first-order valence-corrected chi connectivity index (χ1v) is 6.36. The van der Waals surface area contributed by atoms with Crippen LogP contribution >= 0.6 is 11.3 Å². The number of halogens is 3. The summed E-state index contributed by atoms with van der Waals surface area (Å²) in [6, 6.07) is 4.04. The molecule has 0 saturated heterocycles. The lowest BCUT2D eigenvalue weighted by molar-refractivity contribution is 0.0899. The van der Waals surface area contributed by atoms with E-state index in [9.17, 15) is 22.8 Å². The maximum atomic E-state index is 13.3. The van der Waals surface area contributed by atoms with Crippen LogP contribution in [-0.4, -0.2) is 18.2 Å². The van der Waals surface area contributed by atoms with Gasteiger partial charge in [-0.15, -0.1) is 11.3 Å². The van der Waals surface area contributed by atoms with E-state index in [-0.39, 0.29) is 5.78 Å². The van der Waals surface area contributed by atoms with Gasteiger partial charge in [-0.1, -0.05) is 6.07 Å². The summed E-state index contributed by atoms with van der Waals surface area (Å²) in [6.07, 6.45) is 0. The van der Waals surface area contributed by atoms with Crippen LogP contribution in [0.5, 0.6) is 0 Å². The van der Waals surface area contributed by atoms with Crippen molar-refractivity contribution in [3.63, 3.8) is 0 Å². The number of hydrogen-bond acceptors (Lipinski definition) is 3. The largest absolute Gasteiger partial charge is 0.344 e. The minimum Gasteiger partial charge on any atom is -0.344 e. The Balaban J connectivity index is 2.08. The number of rotatable bonds is 4. The summed E-state index contributed by atoms with van der Waals surface area (Å²) in [5, 5.41) is 3.79. The van der Waals surface area contributed by atoms with Crippen LogP contribution in [-0.2, 0) is 0 Å². The van der Waals surface area contributed by atoms with Crippen molar-refractivity contribution in [3.05, 3.63) is 57.5 Å². The highest BCUT2D eigenvalue weighted by Gasteiger charge is 2.19. The molecule has 1 amide bonds. The van der Waals surface area contributed by atoms with Gasteiger partial charge in [0.05, 0.1) is 11.4 Å². The Labute approximate surface area is 116 Å². The van der Waals surface area contributed by atoms with Gasteiger partial charge in [0.2, 0.25) is 0 Å². The molecule has 7 heteroatoms. The lowest BCUT2D eigenvalue weighted by atomic mass is 10.1. The van der Waals surface area contributed by atoms with Gasteiger partial charge in [0.1, 0.15) is 23.0 Å². The molecule has 0 bridgehead atoms. The van der Waals surface area contributed by atoms with Gasteiger partial charge in [0, 0.05) is 12.1 Å². The van der Waals surface area contributed by atoms with Crippen LogP contribution < -0.4 is 5.32 Å². The number of nitrogens with one attached hydrogen (secondary N) is 1. The van der Waals surface area contributed by atoms with Crippen LogP contribution in [0.25, 0.3) is 0 Å². The van der Waals surface area contributed by atoms with Crippen molar-refractivity contribution in [2.45, 2.75) is 0 Å². The second-order valence-corrected chi connectivity index (χ2v) is 4.78. The zero-order chi connectivity index (χ0) is 14.7.